The molecule has 0 bridgehead atoms. The third kappa shape index (κ3) is 5.40. The zero-order valence-electron chi connectivity index (χ0n) is 13.5. The summed E-state index contributed by atoms with van der Waals surface area (Å²) in [6, 6.07) is 7.62. The molecule has 0 aliphatic rings. The molecule has 1 aromatic carbocycles. The Balaban J connectivity index is 2.05. The van der Waals surface area contributed by atoms with Crippen molar-refractivity contribution >= 4 is 17.5 Å². The number of halogens is 1. The third-order valence-electron chi connectivity index (χ3n) is 3.21. The van der Waals surface area contributed by atoms with Gasteiger partial charge in [0.25, 0.3) is 5.91 Å². The first-order valence-corrected chi connectivity index (χ1v) is 8.04. The molecule has 2 aromatic rings. The summed E-state index contributed by atoms with van der Waals surface area (Å²) < 4.78 is 10.9. The van der Waals surface area contributed by atoms with Crippen LogP contribution in [0.3, 0.4) is 0 Å². The number of rotatable bonds is 9. The fraction of sp³-hybridized carbons (Fsp3) is 0.294. The Hall–Kier alpha value is -2.31. The molecule has 6 nitrogen and oxygen atoms in total. The summed E-state index contributed by atoms with van der Waals surface area (Å²) in [6.07, 6.45) is 3.60. The van der Waals surface area contributed by atoms with E-state index in [-0.39, 0.29) is 6.61 Å². The maximum atomic E-state index is 10.9. The quantitative estimate of drug-likeness (QED) is 0.712. The molecular formula is C17H21ClN3O3+. The Bertz CT molecular complexity index is 680. The van der Waals surface area contributed by atoms with E-state index in [9.17, 15) is 4.79 Å². The fourth-order valence-electron chi connectivity index (χ4n) is 2.21. The Morgan fingerprint density at radius 2 is 2.08 bits per heavy atom. The monoisotopic (exact) mass is 350 g/mol. The normalized spacial score (nSPS) is 10.4. The standard InChI is InChI=1S/C17H20ClN3O3/c1-2-23-15-7-13(6-14(18)17(15)24-11-16(19)22)10-21-9-12-4-3-5-20-8-12/h3-8,21H,2,9-11H2,1H3,(H2,19,22)/p+1. The van der Waals surface area contributed by atoms with Crippen LogP contribution >= 0.6 is 11.6 Å². The number of carbonyl (C=O) groups excluding carboxylic acids is 1. The number of nitrogens with two attached hydrogens (primary N) is 2. The van der Waals surface area contributed by atoms with Crippen LogP contribution in [0.4, 0.5) is 0 Å². The molecule has 0 aliphatic carbocycles. The molecular weight excluding hydrogens is 330 g/mol. The highest BCUT2D eigenvalue weighted by atomic mass is 35.5. The molecule has 0 atom stereocenters. The van der Waals surface area contributed by atoms with E-state index in [0.29, 0.717) is 23.1 Å². The number of hydrogen-bond donors (Lipinski definition) is 2. The van der Waals surface area contributed by atoms with Gasteiger partial charge in [-0.15, -0.1) is 0 Å². The number of aromatic nitrogens is 1. The molecule has 0 saturated carbocycles. The number of pyridine rings is 1. The summed E-state index contributed by atoms with van der Waals surface area (Å²) in [5, 5.41) is 2.54. The van der Waals surface area contributed by atoms with Gasteiger partial charge < -0.3 is 20.5 Å². The maximum absolute atomic E-state index is 10.9. The van der Waals surface area contributed by atoms with Gasteiger partial charge in [0.05, 0.1) is 11.6 Å². The molecule has 0 saturated heterocycles. The van der Waals surface area contributed by atoms with Crippen molar-refractivity contribution in [2.24, 2.45) is 5.73 Å². The van der Waals surface area contributed by atoms with Crippen LogP contribution in [0.1, 0.15) is 18.1 Å². The fourth-order valence-corrected chi connectivity index (χ4v) is 2.50. The first-order valence-electron chi connectivity index (χ1n) is 7.67. The van der Waals surface area contributed by atoms with Crippen molar-refractivity contribution in [2.45, 2.75) is 20.0 Å². The van der Waals surface area contributed by atoms with E-state index in [1.807, 2.05) is 31.3 Å². The highest BCUT2D eigenvalue weighted by Gasteiger charge is 2.14. The lowest BCUT2D eigenvalue weighted by Crippen LogP contribution is -2.80. The van der Waals surface area contributed by atoms with Gasteiger partial charge in [0.2, 0.25) is 0 Å². The highest BCUT2D eigenvalue weighted by molar-refractivity contribution is 6.32. The van der Waals surface area contributed by atoms with Gasteiger partial charge in [-0.25, -0.2) is 0 Å². The van der Waals surface area contributed by atoms with Crippen LogP contribution in [0.2, 0.25) is 5.02 Å². The Kier molecular flexibility index (Phi) is 6.84. The minimum absolute atomic E-state index is 0.244. The molecule has 7 heteroatoms. The van der Waals surface area contributed by atoms with Crippen LogP contribution in [0.15, 0.2) is 36.7 Å². The van der Waals surface area contributed by atoms with Crippen LogP contribution < -0.4 is 20.5 Å². The summed E-state index contributed by atoms with van der Waals surface area (Å²) >= 11 is 6.27. The van der Waals surface area contributed by atoms with Crippen LogP contribution in [0.25, 0.3) is 0 Å². The summed E-state index contributed by atoms with van der Waals surface area (Å²) in [6.45, 7) is 3.63. The van der Waals surface area contributed by atoms with Gasteiger partial charge in [-0.2, -0.15) is 0 Å². The molecule has 1 heterocycles. The molecule has 24 heavy (non-hydrogen) atoms. The van der Waals surface area contributed by atoms with Gasteiger partial charge in [-0.3, -0.25) is 9.78 Å². The number of primary amides is 1. The molecule has 1 amide bonds. The summed E-state index contributed by atoms with van der Waals surface area (Å²) in [5.74, 6) is 0.284. The lowest BCUT2D eigenvalue weighted by Gasteiger charge is -2.14. The van der Waals surface area contributed by atoms with Crippen molar-refractivity contribution in [3.63, 3.8) is 0 Å². The van der Waals surface area contributed by atoms with Gasteiger partial charge in [0.1, 0.15) is 13.1 Å². The number of nitrogens with zero attached hydrogens (tertiary/aromatic N) is 1. The van der Waals surface area contributed by atoms with Crippen molar-refractivity contribution in [1.29, 1.82) is 0 Å². The Morgan fingerprint density at radius 3 is 2.75 bits per heavy atom. The third-order valence-corrected chi connectivity index (χ3v) is 3.49. The molecule has 0 unspecified atom stereocenters. The minimum atomic E-state index is -0.567. The summed E-state index contributed by atoms with van der Waals surface area (Å²) in [4.78, 5) is 15.0. The topological polar surface area (TPSA) is 91.1 Å². The number of hydrogen-bond acceptors (Lipinski definition) is 4. The second-order valence-electron chi connectivity index (χ2n) is 5.15. The van der Waals surface area contributed by atoms with E-state index in [1.54, 1.807) is 12.3 Å². The van der Waals surface area contributed by atoms with Gasteiger partial charge in [0, 0.05) is 23.5 Å². The van der Waals surface area contributed by atoms with Crippen LogP contribution in [-0.4, -0.2) is 24.1 Å². The first-order chi connectivity index (χ1) is 11.6. The predicted octanol–water partition coefficient (Wildman–Crippen LogP) is 1.26. The first kappa shape index (κ1) is 18.0. The van der Waals surface area contributed by atoms with Crippen molar-refractivity contribution in [3.05, 3.63) is 52.8 Å². The SMILES string of the molecule is CCOc1cc(C[NH2+]Cc2cccnc2)cc(Cl)c1OCC(N)=O. The average Bonchev–Trinajstić information content (AvgIpc) is 2.55. The van der Waals surface area contributed by atoms with E-state index in [1.165, 1.54) is 0 Å². The van der Waals surface area contributed by atoms with Crippen LogP contribution in [0.5, 0.6) is 11.5 Å². The van der Waals surface area contributed by atoms with Crippen LogP contribution in [-0.2, 0) is 17.9 Å². The second-order valence-corrected chi connectivity index (χ2v) is 5.56. The van der Waals surface area contributed by atoms with E-state index >= 15 is 0 Å². The average molecular weight is 351 g/mol. The summed E-state index contributed by atoms with van der Waals surface area (Å²) in [5.41, 5.74) is 7.25. The minimum Gasteiger partial charge on any atom is -0.490 e. The van der Waals surface area contributed by atoms with Crippen molar-refractivity contribution in [2.75, 3.05) is 13.2 Å². The van der Waals surface area contributed by atoms with Crippen molar-refractivity contribution < 1.29 is 19.6 Å². The Labute approximate surface area is 145 Å². The second kappa shape index (κ2) is 9.10. The predicted molar refractivity (Wildman–Crippen MR) is 90.9 cm³/mol. The number of carbonyl (C=O) groups is 1. The molecule has 0 radical (unpaired) electrons. The lowest BCUT2D eigenvalue weighted by molar-refractivity contribution is -0.686. The van der Waals surface area contributed by atoms with Crippen molar-refractivity contribution in [3.8, 4) is 11.5 Å². The number of amides is 1. The smallest absolute Gasteiger partial charge is 0.255 e. The molecule has 4 N–H and O–H groups in total. The van der Waals surface area contributed by atoms with E-state index in [4.69, 9.17) is 26.8 Å². The van der Waals surface area contributed by atoms with Gasteiger partial charge >= 0.3 is 0 Å². The molecule has 0 fully saturated rings. The number of ether oxygens (including phenoxy) is 2. The number of benzene rings is 1. The molecule has 0 aliphatic heterocycles. The largest absolute Gasteiger partial charge is 0.490 e. The lowest BCUT2D eigenvalue weighted by atomic mass is 10.2. The van der Waals surface area contributed by atoms with E-state index in [2.05, 4.69) is 10.3 Å². The molecule has 1 aromatic heterocycles. The van der Waals surface area contributed by atoms with Crippen LogP contribution in [0, 0.1) is 0 Å². The zero-order valence-corrected chi connectivity index (χ0v) is 14.3. The Morgan fingerprint density at radius 1 is 1.29 bits per heavy atom. The molecule has 0 spiro atoms. The van der Waals surface area contributed by atoms with Gasteiger partial charge in [-0.05, 0) is 25.1 Å². The molecule has 128 valence electrons. The molecule has 2 rings (SSSR count). The van der Waals surface area contributed by atoms with E-state index in [0.717, 1.165) is 24.2 Å². The maximum Gasteiger partial charge on any atom is 0.255 e. The van der Waals surface area contributed by atoms with E-state index < -0.39 is 5.91 Å². The summed E-state index contributed by atoms with van der Waals surface area (Å²) in [7, 11) is 0. The van der Waals surface area contributed by atoms with Crippen molar-refractivity contribution in [1.82, 2.24) is 4.98 Å². The van der Waals surface area contributed by atoms with Gasteiger partial charge in [0.15, 0.2) is 18.1 Å². The van der Waals surface area contributed by atoms with Gasteiger partial charge in [-0.1, -0.05) is 17.7 Å². The number of quaternary nitrogens is 1. The highest BCUT2D eigenvalue weighted by Crippen LogP contribution is 2.36. The zero-order chi connectivity index (χ0) is 17.4.